The number of nitrogens with zero attached hydrogens (tertiary/aromatic N) is 6. The molecule has 1 fully saturated rings. The van der Waals surface area contributed by atoms with Crippen molar-refractivity contribution in [3.05, 3.63) is 53.6 Å². The van der Waals surface area contributed by atoms with Gasteiger partial charge in [0.1, 0.15) is 0 Å². The highest BCUT2D eigenvalue weighted by molar-refractivity contribution is 5.91. The fourth-order valence-electron chi connectivity index (χ4n) is 3.21. The number of anilines is 1. The van der Waals surface area contributed by atoms with E-state index in [1.54, 1.807) is 10.7 Å². The Morgan fingerprint density at radius 3 is 2.52 bits per heavy atom. The first kappa shape index (κ1) is 15.6. The Bertz CT molecular complexity index is 926. The molecular weight excluding hydrogens is 316 g/mol. The molecule has 7 nitrogen and oxygen atoms in total. The smallest absolute Gasteiger partial charge is 0.293 e. The summed E-state index contributed by atoms with van der Waals surface area (Å²) < 4.78 is 1.61. The van der Waals surface area contributed by atoms with Gasteiger partial charge in [-0.3, -0.25) is 4.79 Å². The summed E-state index contributed by atoms with van der Waals surface area (Å²) in [6, 6.07) is 10.2. The van der Waals surface area contributed by atoms with E-state index >= 15 is 0 Å². The van der Waals surface area contributed by atoms with E-state index in [9.17, 15) is 4.79 Å². The lowest BCUT2D eigenvalue weighted by atomic mass is 10.1. The van der Waals surface area contributed by atoms with Gasteiger partial charge in [0, 0.05) is 43.8 Å². The molecule has 25 heavy (non-hydrogen) atoms. The van der Waals surface area contributed by atoms with Gasteiger partial charge in [0.15, 0.2) is 0 Å². The van der Waals surface area contributed by atoms with Crippen molar-refractivity contribution < 1.29 is 4.79 Å². The Balaban J connectivity index is 1.49. The second kappa shape index (κ2) is 6.16. The van der Waals surface area contributed by atoms with Crippen LogP contribution in [-0.4, -0.2) is 56.6 Å². The molecule has 0 N–H and O–H groups in total. The van der Waals surface area contributed by atoms with E-state index in [0.29, 0.717) is 18.9 Å². The zero-order valence-electron chi connectivity index (χ0n) is 14.4. The van der Waals surface area contributed by atoms with Crippen LogP contribution in [0.1, 0.15) is 21.9 Å². The Kier molecular flexibility index (Phi) is 3.83. The molecule has 3 aromatic rings. The molecule has 1 amide bonds. The maximum Gasteiger partial charge on any atom is 0.293 e. The van der Waals surface area contributed by atoms with Crippen LogP contribution in [0.2, 0.25) is 0 Å². The lowest BCUT2D eigenvalue weighted by molar-refractivity contribution is 0.0734. The van der Waals surface area contributed by atoms with Crippen molar-refractivity contribution in [3.63, 3.8) is 0 Å². The standard InChI is InChI=1S/C18H20N6O/c1-13-5-3-4-6-15(13)22-9-11-23(12-10-22)17(25)16-20-18-19-8-7-14(2)24(18)21-16/h3-8H,9-12H2,1-2H3. The molecule has 1 aliphatic rings. The van der Waals surface area contributed by atoms with Gasteiger partial charge >= 0.3 is 0 Å². The van der Waals surface area contributed by atoms with Gasteiger partial charge in [0.05, 0.1) is 0 Å². The van der Waals surface area contributed by atoms with Crippen molar-refractivity contribution in [2.24, 2.45) is 0 Å². The van der Waals surface area contributed by atoms with Gasteiger partial charge in [-0.15, -0.1) is 5.10 Å². The number of aromatic nitrogens is 4. The van der Waals surface area contributed by atoms with Crippen LogP contribution in [0.5, 0.6) is 0 Å². The van der Waals surface area contributed by atoms with Crippen LogP contribution < -0.4 is 4.90 Å². The first-order chi connectivity index (χ1) is 12.1. The number of aryl methyl sites for hydroxylation is 2. The molecule has 2 aromatic heterocycles. The number of hydrogen-bond acceptors (Lipinski definition) is 5. The van der Waals surface area contributed by atoms with Gasteiger partial charge in [-0.1, -0.05) is 18.2 Å². The first-order valence-corrected chi connectivity index (χ1v) is 8.42. The number of amides is 1. The predicted octanol–water partition coefficient (Wildman–Crippen LogP) is 1.70. The minimum absolute atomic E-state index is 0.130. The zero-order valence-corrected chi connectivity index (χ0v) is 14.4. The Hall–Kier alpha value is -2.96. The number of carbonyl (C=O) groups excluding carboxylic acids is 1. The molecule has 0 bridgehead atoms. The van der Waals surface area contributed by atoms with E-state index in [2.05, 4.69) is 45.1 Å². The van der Waals surface area contributed by atoms with E-state index < -0.39 is 0 Å². The Labute approximate surface area is 145 Å². The van der Waals surface area contributed by atoms with E-state index in [0.717, 1.165) is 18.8 Å². The molecule has 0 radical (unpaired) electrons. The molecular formula is C18H20N6O. The van der Waals surface area contributed by atoms with Crippen molar-refractivity contribution in [1.29, 1.82) is 0 Å². The fourth-order valence-corrected chi connectivity index (χ4v) is 3.21. The molecule has 4 rings (SSSR count). The van der Waals surface area contributed by atoms with Crippen molar-refractivity contribution in [2.45, 2.75) is 13.8 Å². The van der Waals surface area contributed by atoms with Gasteiger partial charge < -0.3 is 9.80 Å². The Morgan fingerprint density at radius 1 is 1.04 bits per heavy atom. The molecule has 1 aromatic carbocycles. The number of carbonyl (C=O) groups is 1. The van der Waals surface area contributed by atoms with Crippen molar-refractivity contribution >= 4 is 17.4 Å². The highest BCUT2D eigenvalue weighted by Gasteiger charge is 2.26. The number of benzene rings is 1. The average Bonchev–Trinajstić information content (AvgIpc) is 3.07. The summed E-state index contributed by atoms with van der Waals surface area (Å²) in [5, 5.41) is 4.32. The fraction of sp³-hybridized carbons (Fsp3) is 0.333. The molecule has 0 saturated carbocycles. The maximum absolute atomic E-state index is 12.7. The third-order valence-electron chi connectivity index (χ3n) is 4.64. The lowest BCUT2D eigenvalue weighted by Gasteiger charge is -2.36. The minimum atomic E-state index is -0.130. The zero-order chi connectivity index (χ0) is 17.4. The van der Waals surface area contributed by atoms with Crippen LogP contribution in [0.25, 0.3) is 5.78 Å². The molecule has 7 heteroatoms. The average molecular weight is 336 g/mol. The largest absolute Gasteiger partial charge is 0.368 e. The minimum Gasteiger partial charge on any atom is -0.368 e. The summed E-state index contributed by atoms with van der Waals surface area (Å²) >= 11 is 0. The van der Waals surface area contributed by atoms with Crippen LogP contribution in [0.3, 0.4) is 0 Å². The number of hydrogen-bond donors (Lipinski definition) is 0. The topological polar surface area (TPSA) is 66.6 Å². The second-order valence-corrected chi connectivity index (χ2v) is 6.30. The molecule has 3 heterocycles. The summed E-state index contributed by atoms with van der Waals surface area (Å²) in [4.78, 5) is 25.3. The molecule has 0 atom stereocenters. The Morgan fingerprint density at radius 2 is 1.80 bits per heavy atom. The van der Waals surface area contributed by atoms with Gasteiger partial charge in [-0.05, 0) is 31.5 Å². The van der Waals surface area contributed by atoms with E-state index in [1.165, 1.54) is 11.3 Å². The lowest BCUT2D eigenvalue weighted by Crippen LogP contribution is -2.49. The van der Waals surface area contributed by atoms with Crippen LogP contribution in [0.15, 0.2) is 36.5 Å². The summed E-state index contributed by atoms with van der Waals surface area (Å²) in [6.07, 6.45) is 1.68. The van der Waals surface area contributed by atoms with E-state index in [4.69, 9.17) is 0 Å². The highest BCUT2D eigenvalue weighted by atomic mass is 16.2. The van der Waals surface area contributed by atoms with Crippen LogP contribution in [-0.2, 0) is 0 Å². The molecule has 1 saturated heterocycles. The number of piperazine rings is 1. The first-order valence-electron chi connectivity index (χ1n) is 8.42. The van der Waals surface area contributed by atoms with Crippen LogP contribution in [0, 0.1) is 13.8 Å². The van der Waals surface area contributed by atoms with Crippen molar-refractivity contribution in [3.8, 4) is 0 Å². The normalized spacial score (nSPS) is 15.0. The summed E-state index contributed by atoms with van der Waals surface area (Å²) in [5.41, 5.74) is 3.40. The third kappa shape index (κ3) is 2.82. The predicted molar refractivity (Wildman–Crippen MR) is 94.8 cm³/mol. The quantitative estimate of drug-likeness (QED) is 0.713. The van der Waals surface area contributed by atoms with Gasteiger partial charge in [-0.25, -0.2) is 9.50 Å². The molecule has 0 aliphatic carbocycles. The number of fused-ring (bicyclic) bond motifs is 1. The number of para-hydroxylation sites is 1. The maximum atomic E-state index is 12.7. The van der Waals surface area contributed by atoms with E-state index in [1.807, 2.05) is 24.0 Å². The third-order valence-corrected chi connectivity index (χ3v) is 4.64. The van der Waals surface area contributed by atoms with Crippen molar-refractivity contribution in [2.75, 3.05) is 31.1 Å². The molecule has 0 unspecified atom stereocenters. The van der Waals surface area contributed by atoms with Crippen LogP contribution >= 0.6 is 0 Å². The molecule has 128 valence electrons. The second-order valence-electron chi connectivity index (χ2n) is 6.30. The number of rotatable bonds is 2. The summed E-state index contributed by atoms with van der Waals surface area (Å²) in [6.45, 7) is 6.97. The monoisotopic (exact) mass is 336 g/mol. The SMILES string of the molecule is Cc1ccccc1N1CCN(C(=O)c2nc3nccc(C)n3n2)CC1. The van der Waals surface area contributed by atoms with Gasteiger partial charge in [0.25, 0.3) is 11.7 Å². The molecule has 1 aliphatic heterocycles. The summed E-state index contributed by atoms with van der Waals surface area (Å²) in [5.74, 6) is 0.544. The molecule has 0 spiro atoms. The van der Waals surface area contributed by atoms with Crippen molar-refractivity contribution in [1.82, 2.24) is 24.5 Å². The highest BCUT2D eigenvalue weighted by Crippen LogP contribution is 2.21. The van der Waals surface area contributed by atoms with Gasteiger partial charge in [0.2, 0.25) is 5.82 Å². The van der Waals surface area contributed by atoms with E-state index in [-0.39, 0.29) is 11.7 Å². The summed E-state index contributed by atoms with van der Waals surface area (Å²) in [7, 11) is 0. The van der Waals surface area contributed by atoms with Gasteiger partial charge in [-0.2, -0.15) is 4.98 Å². The van der Waals surface area contributed by atoms with Crippen LogP contribution in [0.4, 0.5) is 5.69 Å².